The summed E-state index contributed by atoms with van der Waals surface area (Å²) in [6.07, 6.45) is 16.6. The van der Waals surface area contributed by atoms with Crippen LogP contribution in [-0.4, -0.2) is 25.6 Å². The molecular formula is C34H64O2Si. The molecule has 37 heavy (non-hydrogen) atoms. The molecule has 0 saturated heterocycles. The van der Waals surface area contributed by atoms with E-state index < -0.39 is 13.9 Å². The lowest BCUT2D eigenvalue weighted by Gasteiger charge is -2.61. The van der Waals surface area contributed by atoms with Crippen LogP contribution >= 0.6 is 0 Å². The molecule has 3 heteroatoms. The zero-order valence-corrected chi connectivity index (χ0v) is 27.6. The maximum Gasteiger partial charge on any atom is 0.191 e. The molecule has 0 radical (unpaired) electrons. The maximum atomic E-state index is 10.4. The molecule has 0 spiro atoms. The quantitative estimate of drug-likeness (QED) is 0.249. The van der Waals surface area contributed by atoms with Gasteiger partial charge in [0, 0.05) is 6.61 Å². The Bertz CT molecular complexity index is 778. The summed E-state index contributed by atoms with van der Waals surface area (Å²) in [5, 5.41) is 10.8. The molecule has 0 aromatic heterocycles. The van der Waals surface area contributed by atoms with Crippen LogP contribution in [0.15, 0.2) is 0 Å². The molecule has 0 aliphatic heterocycles. The van der Waals surface area contributed by atoms with Gasteiger partial charge in [-0.1, -0.05) is 41.5 Å². The van der Waals surface area contributed by atoms with E-state index in [-0.39, 0.29) is 0 Å². The lowest BCUT2D eigenvalue weighted by molar-refractivity contribution is -0.124. The molecule has 0 aromatic carbocycles. The van der Waals surface area contributed by atoms with Gasteiger partial charge in [0.15, 0.2) is 8.32 Å². The summed E-state index contributed by atoms with van der Waals surface area (Å²) in [4.78, 5) is 0. The molecule has 0 amide bonds. The van der Waals surface area contributed by atoms with E-state index in [1.807, 2.05) is 13.8 Å². The van der Waals surface area contributed by atoms with Crippen molar-refractivity contribution >= 4 is 8.32 Å². The second kappa shape index (κ2) is 10.5. The van der Waals surface area contributed by atoms with E-state index in [4.69, 9.17) is 4.43 Å². The molecule has 0 bridgehead atoms. The van der Waals surface area contributed by atoms with Gasteiger partial charge in [-0.15, -0.1) is 0 Å². The number of rotatable bonds is 8. The van der Waals surface area contributed by atoms with Gasteiger partial charge in [0.05, 0.1) is 5.60 Å². The van der Waals surface area contributed by atoms with Crippen LogP contribution in [0.2, 0.25) is 18.1 Å². The van der Waals surface area contributed by atoms with Crippen molar-refractivity contribution in [3.8, 4) is 0 Å². The van der Waals surface area contributed by atoms with E-state index >= 15 is 0 Å². The Morgan fingerprint density at radius 3 is 2.19 bits per heavy atom. The highest BCUT2D eigenvalue weighted by atomic mass is 28.4. The van der Waals surface area contributed by atoms with E-state index in [1.54, 1.807) is 0 Å². The summed E-state index contributed by atoms with van der Waals surface area (Å²) in [7, 11) is -1.62. The van der Waals surface area contributed by atoms with E-state index in [0.717, 1.165) is 54.5 Å². The highest BCUT2D eigenvalue weighted by Crippen LogP contribution is 2.68. The summed E-state index contributed by atoms with van der Waals surface area (Å²) < 4.78 is 6.53. The van der Waals surface area contributed by atoms with E-state index in [2.05, 4.69) is 54.6 Å². The first-order chi connectivity index (χ1) is 17.0. The summed E-state index contributed by atoms with van der Waals surface area (Å²) in [5.74, 6) is 6.29. The summed E-state index contributed by atoms with van der Waals surface area (Å²) in [6.45, 7) is 24.9. The fourth-order valence-corrected chi connectivity index (χ4v) is 11.5. The minimum Gasteiger partial charge on any atom is -0.417 e. The van der Waals surface area contributed by atoms with Gasteiger partial charge in [-0.2, -0.15) is 0 Å². The van der Waals surface area contributed by atoms with Crippen LogP contribution in [0.3, 0.4) is 0 Å². The molecule has 4 fully saturated rings. The van der Waals surface area contributed by atoms with Gasteiger partial charge in [0.25, 0.3) is 0 Å². The van der Waals surface area contributed by atoms with Crippen LogP contribution in [0, 0.1) is 52.3 Å². The van der Waals surface area contributed by atoms with Crippen LogP contribution in [-0.2, 0) is 4.43 Å². The molecule has 216 valence electrons. The Balaban J connectivity index is 1.35. The molecule has 0 aromatic rings. The minimum atomic E-state index is -1.62. The van der Waals surface area contributed by atoms with Crippen LogP contribution in [0.5, 0.6) is 0 Å². The lowest BCUT2D eigenvalue weighted by Crippen LogP contribution is -2.54. The zero-order chi connectivity index (χ0) is 27.4. The SMILES string of the molecule is CC(CCCO[Si](C)(C)C(C)(C)C)[C@H]1CC[C@H]2C3CCC4C[C@H](CC(C)(C)O)CCC4(C)[C@H]3CCC12C. The second-order valence-electron chi connectivity index (χ2n) is 17.3. The molecule has 4 aliphatic carbocycles. The summed E-state index contributed by atoms with van der Waals surface area (Å²) in [6, 6.07) is 0. The monoisotopic (exact) mass is 532 g/mol. The Kier molecular flexibility index (Phi) is 8.56. The van der Waals surface area contributed by atoms with Crippen LogP contribution in [0.25, 0.3) is 0 Å². The van der Waals surface area contributed by atoms with Crippen molar-refractivity contribution in [3.63, 3.8) is 0 Å². The molecule has 4 saturated carbocycles. The van der Waals surface area contributed by atoms with Crippen molar-refractivity contribution < 1.29 is 9.53 Å². The smallest absolute Gasteiger partial charge is 0.191 e. The Labute approximate surface area is 232 Å². The molecule has 0 heterocycles. The first-order valence-electron chi connectivity index (χ1n) is 16.3. The molecular weight excluding hydrogens is 468 g/mol. The highest BCUT2D eigenvalue weighted by molar-refractivity contribution is 6.74. The van der Waals surface area contributed by atoms with Crippen molar-refractivity contribution in [2.75, 3.05) is 6.61 Å². The van der Waals surface area contributed by atoms with Crippen LogP contribution in [0.1, 0.15) is 132 Å². The van der Waals surface area contributed by atoms with Crippen molar-refractivity contribution in [2.45, 2.75) is 156 Å². The first-order valence-corrected chi connectivity index (χ1v) is 19.2. The highest BCUT2D eigenvalue weighted by Gasteiger charge is 2.60. The predicted molar refractivity (Wildman–Crippen MR) is 161 cm³/mol. The van der Waals surface area contributed by atoms with E-state index in [1.165, 1.54) is 70.6 Å². The predicted octanol–water partition coefficient (Wildman–Crippen LogP) is 9.86. The van der Waals surface area contributed by atoms with Crippen molar-refractivity contribution in [1.82, 2.24) is 0 Å². The van der Waals surface area contributed by atoms with Gasteiger partial charge in [-0.3, -0.25) is 0 Å². The molecule has 9 atom stereocenters. The molecule has 4 rings (SSSR count). The normalized spacial score (nSPS) is 41.6. The minimum absolute atomic E-state index is 0.313. The molecule has 4 aliphatic rings. The maximum absolute atomic E-state index is 10.4. The fourth-order valence-electron chi connectivity index (χ4n) is 10.4. The third-order valence-electron chi connectivity index (χ3n) is 13.4. The molecule has 1 N–H and O–H groups in total. The van der Waals surface area contributed by atoms with E-state index in [9.17, 15) is 5.11 Å². The Morgan fingerprint density at radius 2 is 1.54 bits per heavy atom. The number of hydrogen-bond donors (Lipinski definition) is 1. The third-order valence-corrected chi connectivity index (χ3v) is 17.9. The number of fused-ring (bicyclic) bond motifs is 5. The number of hydrogen-bond acceptors (Lipinski definition) is 2. The standard InChI is InChI=1S/C34H64O2Si/c1-24(12-11-21-36-37(9,10)31(2,3)4)28-15-16-29-27-14-13-26-22-25(23-32(5,6)35)17-19-33(26,7)30(27)18-20-34(28,29)8/h24-30,35H,11-23H2,1-10H3/t24?,25-,26?,27?,28-,29+,30+,33?,34?/m1/s1. The van der Waals surface area contributed by atoms with Crippen molar-refractivity contribution in [1.29, 1.82) is 0 Å². The van der Waals surface area contributed by atoms with Crippen molar-refractivity contribution in [2.24, 2.45) is 52.3 Å². The van der Waals surface area contributed by atoms with Gasteiger partial charge < -0.3 is 9.53 Å². The van der Waals surface area contributed by atoms with Crippen molar-refractivity contribution in [3.05, 3.63) is 0 Å². The van der Waals surface area contributed by atoms with Crippen LogP contribution < -0.4 is 0 Å². The zero-order valence-electron chi connectivity index (χ0n) is 26.6. The number of aliphatic hydroxyl groups is 1. The van der Waals surface area contributed by atoms with Gasteiger partial charge in [-0.25, -0.2) is 0 Å². The lowest BCUT2D eigenvalue weighted by atomic mass is 9.43. The van der Waals surface area contributed by atoms with Gasteiger partial charge in [0.2, 0.25) is 0 Å². The fraction of sp³-hybridized carbons (Fsp3) is 1.00. The third kappa shape index (κ3) is 5.95. The topological polar surface area (TPSA) is 29.5 Å². The summed E-state index contributed by atoms with van der Waals surface area (Å²) in [5.41, 5.74) is 0.627. The first kappa shape index (κ1) is 30.1. The van der Waals surface area contributed by atoms with Gasteiger partial charge >= 0.3 is 0 Å². The Morgan fingerprint density at radius 1 is 0.892 bits per heavy atom. The van der Waals surface area contributed by atoms with Gasteiger partial charge in [0.1, 0.15) is 0 Å². The average Bonchev–Trinajstić information content (AvgIpc) is 3.12. The Hall–Kier alpha value is 0.137. The summed E-state index contributed by atoms with van der Waals surface area (Å²) >= 11 is 0. The van der Waals surface area contributed by atoms with Crippen LogP contribution in [0.4, 0.5) is 0 Å². The van der Waals surface area contributed by atoms with Gasteiger partial charge in [-0.05, 0) is 161 Å². The molecule has 5 unspecified atom stereocenters. The average molecular weight is 533 g/mol. The largest absolute Gasteiger partial charge is 0.417 e. The molecule has 2 nitrogen and oxygen atoms in total. The second-order valence-corrected chi connectivity index (χ2v) is 22.1. The van der Waals surface area contributed by atoms with E-state index in [0.29, 0.717) is 15.9 Å².